The van der Waals surface area contributed by atoms with Crippen LogP contribution in [0, 0.1) is 6.92 Å². The maximum Gasteiger partial charge on any atom is 0.294 e. The molecule has 0 spiro atoms. The number of rotatable bonds is 3. The van der Waals surface area contributed by atoms with E-state index >= 15 is 0 Å². The lowest BCUT2D eigenvalue weighted by atomic mass is 9.80. The molecular weight excluding hydrogens is 168 g/mol. The van der Waals surface area contributed by atoms with Gasteiger partial charge in [-0.1, -0.05) is 0 Å². The SMILES string of the molecule is Cc1coc(NCC2(O)CCC2)n1. The number of anilines is 1. The molecule has 1 heterocycles. The highest BCUT2D eigenvalue weighted by Crippen LogP contribution is 2.31. The van der Waals surface area contributed by atoms with Gasteiger partial charge in [-0.15, -0.1) is 0 Å². The summed E-state index contributed by atoms with van der Waals surface area (Å²) in [6.45, 7) is 2.40. The molecule has 0 aromatic carbocycles. The van der Waals surface area contributed by atoms with Crippen molar-refractivity contribution in [1.29, 1.82) is 0 Å². The molecule has 13 heavy (non-hydrogen) atoms. The minimum atomic E-state index is -0.525. The van der Waals surface area contributed by atoms with Gasteiger partial charge in [-0.3, -0.25) is 0 Å². The van der Waals surface area contributed by atoms with Gasteiger partial charge in [0.15, 0.2) is 0 Å². The normalized spacial score (nSPS) is 19.5. The van der Waals surface area contributed by atoms with Crippen LogP contribution in [0.3, 0.4) is 0 Å². The molecule has 1 aliphatic carbocycles. The summed E-state index contributed by atoms with van der Waals surface area (Å²) in [5.74, 6) is 0. The molecule has 0 aliphatic heterocycles. The lowest BCUT2D eigenvalue weighted by molar-refractivity contribution is -0.0205. The molecule has 2 rings (SSSR count). The summed E-state index contributed by atoms with van der Waals surface area (Å²) in [4.78, 5) is 4.08. The second-order valence-corrected chi connectivity index (χ2v) is 3.73. The summed E-state index contributed by atoms with van der Waals surface area (Å²) in [5.41, 5.74) is 0.325. The summed E-state index contributed by atoms with van der Waals surface area (Å²) in [6, 6.07) is 0.498. The number of nitrogens with one attached hydrogen (secondary N) is 1. The van der Waals surface area contributed by atoms with Crippen molar-refractivity contribution < 1.29 is 9.52 Å². The maximum absolute atomic E-state index is 9.75. The Morgan fingerprint density at radius 1 is 1.69 bits per heavy atom. The van der Waals surface area contributed by atoms with Gasteiger partial charge in [-0.05, 0) is 26.2 Å². The minimum Gasteiger partial charge on any atom is -0.432 e. The highest BCUT2D eigenvalue weighted by atomic mass is 16.4. The van der Waals surface area contributed by atoms with E-state index in [1.54, 1.807) is 6.26 Å². The summed E-state index contributed by atoms with van der Waals surface area (Å²) >= 11 is 0. The van der Waals surface area contributed by atoms with Gasteiger partial charge in [-0.2, -0.15) is 4.98 Å². The first-order chi connectivity index (χ1) is 6.18. The van der Waals surface area contributed by atoms with Crippen molar-refractivity contribution in [3.05, 3.63) is 12.0 Å². The highest BCUT2D eigenvalue weighted by molar-refractivity contribution is 5.22. The molecule has 1 saturated carbocycles. The van der Waals surface area contributed by atoms with Crippen molar-refractivity contribution in [2.75, 3.05) is 11.9 Å². The van der Waals surface area contributed by atoms with E-state index in [-0.39, 0.29) is 0 Å². The molecule has 2 N–H and O–H groups in total. The van der Waals surface area contributed by atoms with Crippen molar-refractivity contribution in [2.24, 2.45) is 0 Å². The molecule has 0 amide bonds. The standard InChI is InChI=1S/C9H14N2O2/c1-7-5-13-8(11-7)10-6-9(12)3-2-4-9/h5,12H,2-4,6H2,1H3,(H,10,11). The van der Waals surface area contributed by atoms with Crippen molar-refractivity contribution >= 4 is 6.01 Å². The van der Waals surface area contributed by atoms with Crippen LogP contribution in [0.25, 0.3) is 0 Å². The zero-order valence-corrected chi connectivity index (χ0v) is 7.71. The van der Waals surface area contributed by atoms with Gasteiger partial charge in [-0.25, -0.2) is 0 Å². The first-order valence-electron chi connectivity index (χ1n) is 4.56. The molecule has 0 unspecified atom stereocenters. The lowest BCUT2D eigenvalue weighted by Crippen LogP contribution is -2.43. The van der Waals surface area contributed by atoms with Gasteiger partial charge in [0.2, 0.25) is 0 Å². The van der Waals surface area contributed by atoms with Gasteiger partial charge in [0.05, 0.1) is 11.3 Å². The van der Waals surface area contributed by atoms with Crippen LogP contribution in [-0.2, 0) is 0 Å². The Balaban J connectivity index is 1.85. The molecule has 4 heteroatoms. The van der Waals surface area contributed by atoms with Gasteiger partial charge >= 0.3 is 0 Å². The average molecular weight is 182 g/mol. The van der Waals surface area contributed by atoms with Crippen molar-refractivity contribution in [3.8, 4) is 0 Å². The van der Waals surface area contributed by atoms with Crippen LogP contribution < -0.4 is 5.32 Å². The summed E-state index contributed by atoms with van der Waals surface area (Å²) in [5, 5.41) is 12.7. The average Bonchev–Trinajstić information content (AvgIpc) is 2.44. The first-order valence-corrected chi connectivity index (χ1v) is 4.56. The van der Waals surface area contributed by atoms with Gasteiger partial charge in [0.25, 0.3) is 6.01 Å². The fourth-order valence-electron chi connectivity index (χ4n) is 1.44. The van der Waals surface area contributed by atoms with Crippen molar-refractivity contribution in [1.82, 2.24) is 4.98 Å². The molecule has 1 aromatic rings. The Morgan fingerprint density at radius 3 is 2.92 bits per heavy atom. The number of oxazole rings is 1. The predicted octanol–water partition coefficient (Wildman–Crippen LogP) is 1.31. The predicted molar refractivity (Wildman–Crippen MR) is 48.5 cm³/mol. The molecule has 1 fully saturated rings. The highest BCUT2D eigenvalue weighted by Gasteiger charge is 2.34. The smallest absolute Gasteiger partial charge is 0.294 e. The molecule has 4 nitrogen and oxygen atoms in total. The van der Waals surface area contributed by atoms with Gasteiger partial charge in [0.1, 0.15) is 6.26 Å². The second kappa shape index (κ2) is 3.03. The second-order valence-electron chi connectivity index (χ2n) is 3.73. The van der Waals surface area contributed by atoms with E-state index in [4.69, 9.17) is 4.42 Å². The Bertz CT molecular complexity index is 292. The summed E-state index contributed by atoms with van der Waals surface area (Å²) in [6.07, 6.45) is 4.45. The quantitative estimate of drug-likeness (QED) is 0.740. The molecular formula is C9H14N2O2. The molecule has 0 bridgehead atoms. The third kappa shape index (κ3) is 1.83. The molecule has 0 atom stereocenters. The topological polar surface area (TPSA) is 58.3 Å². The third-order valence-corrected chi connectivity index (χ3v) is 2.47. The number of nitrogens with zero attached hydrogens (tertiary/aromatic N) is 1. The lowest BCUT2D eigenvalue weighted by Gasteiger charge is -2.36. The Hall–Kier alpha value is -1.03. The van der Waals surface area contributed by atoms with Crippen LogP contribution in [0.5, 0.6) is 0 Å². The first kappa shape index (κ1) is 8.56. The summed E-state index contributed by atoms with van der Waals surface area (Å²) in [7, 11) is 0. The monoisotopic (exact) mass is 182 g/mol. The van der Waals surface area contributed by atoms with Gasteiger partial charge in [0, 0.05) is 6.54 Å². The maximum atomic E-state index is 9.75. The van der Waals surface area contributed by atoms with E-state index in [9.17, 15) is 5.11 Å². The molecule has 1 aliphatic rings. The van der Waals surface area contributed by atoms with Crippen LogP contribution in [0.2, 0.25) is 0 Å². The molecule has 1 aromatic heterocycles. The number of hydrogen-bond donors (Lipinski definition) is 2. The number of hydrogen-bond acceptors (Lipinski definition) is 4. The molecule has 0 radical (unpaired) electrons. The van der Waals surface area contributed by atoms with Crippen molar-refractivity contribution in [3.63, 3.8) is 0 Å². The molecule has 72 valence electrons. The van der Waals surface area contributed by atoms with E-state index in [2.05, 4.69) is 10.3 Å². The number of aromatic nitrogens is 1. The zero-order chi connectivity index (χ0) is 9.31. The van der Waals surface area contributed by atoms with Crippen LogP contribution in [0.1, 0.15) is 25.0 Å². The molecule has 0 saturated heterocycles. The van der Waals surface area contributed by atoms with E-state index in [1.165, 1.54) is 0 Å². The van der Waals surface area contributed by atoms with Gasteiger partial charge < -0.3 is 14.8 Å². The number of aryl methyl sites for hydroxylation is 1. The fourth-order valence-corrected chi connectivity index (χ4v) is 1.44. The number of aliphatic hydroxyl groups is 1. The van der Waals surface area contributed by atoms with E-state index in [1.807, 2.05) is 6.92 Å². The minimum absolute atomic E-state index is 0.498. The Labute approximate surface area is 77.0 Å². The summed E-state index contributed by atoms with van der Waals surface area (Å²) < 4.78 is 5.09. The largest absolute Gasteiger partial charge is 0.432 e. The Kier molecular flexibility index (Phi) is 2.00. The van der Waals surface area contributed by atoms with Crippen LogP contribution in [-0.4, -0.2) is 22.2 Å². The van der Waals surface area contributed by atoms with E-state index in [0.717, 1.165) is 25.0 Å². The van der Waals surface area contributed by atoms with Crippen LogP contribution in [0.4, 0.5) is 6.01 Å². The van der Waals surface area contributed by atoms with Crippen molar-refractivity contribution in [2.45, 2.75) is 31.8 Å². The Morgan fingerprint density at radius 2 is 2.46 bits per heavy atom. The van der Waals surface area contributed by atoms with Crippen LogP contribution in [0.15, 0.2) is 10.7 Å². The third-order valence-electron chi connectivity index (χ3n) is 2.47. The van der Waals surface area contributed by atoms with Crippen LogP contribution >= 0.6 is 0 Å². The fraction of sp³-hybridized carbons (Fsp3) is 0.667. The van der Waals surface area contributed by atoms with E-state index in [0.29, 0.717) is 12.6 Å². The zero-order valence-electron chi connectivity index (χ0n) is 7.71. The van der Waals surface area contributed by atoms with E-state index < -0.39 is 5.60 Å².